The fourth-order valence-electron chi connectivity index (χ4n) is 1.93. The molecule has 1 aromatic heterocycles. The summed E-state index contributed by atoms with van der Waals surface area (Å²) in [5.41, 5.74) is 7.83. The summed E-state index contributed by atoms with van der Waals surface area (Å²) in [6.07, 6.45) is 1.97. The lowest BCUT2D eigenvalue weighted by molar-refractivity contribution is 0.527. The number of aryl methyl sites for hydroxylation is 1. The minimum atomic E-state index is -0.297. The van der Waals surface area contributed by atoms with E-state index >= 15 is 0 Å². The maximum atomic E-state index is 11.7. The van der Waals surface area contributed by atoms with Crippen molar-refractivity contribution in [2.75, 3.05) is 0 Å². The predicted molar refractivity (Wildman–Crippen MR) is 75.9 cm³/mol. The molecule has 0 aliphatic heterocycles. The van der Waals surface area contributed by atoms with Crippen molar-refractivity contribution in [1.29, 1.82) is 0 Å². The lowest BCUT2D eigenvalue weighted by Gasteiger charge is -2.13. The monoisotopic (exact) mass is 257 g/mol. The van der Waals surface area contributed by atoms with E-state index in [1.807, 2.05) is 30.3 Å². The van der Waals surface area contributed by atoms with Crippen molar-refractivity contribution in [2.45, 2.75) is 32.4 Å². The van der Waals surface area contributed by atoms with E-state index in [4.69, 9.17) is 5.73 Å². The second-order valence-corrected chi connectivity index (χ2v) is 4.56. The number of nitrogens with zero attached hydrogens (tertiary/aromatic N) is 2. The average molecular weight is 257 g/mol. The lowest BCUT2D eigenvalue weighted by atomic mass is 10.0. The van der Waals surface area contributed by atoms with Crippen LogP contribution >= 0.6 is 0 Å². The van der Waals surface area contributed by atoms with E-state index in [2.05, 4.69) is 12.0 Å². The smallest absolute Gasteiger partial charge is 0.266 e. The van der Waals surface area contributed by atoms with Crippen LogP contribution in [0.15, 0.2) is 47.3 Å². The molecule has 1 atom stereocenters. The van der Waals surface area contributed by atoms with Gasteiger partial charge in [0.25, 0.3) is 5.56 Å². The van der Waals surface area contributed by atoms with Crippen LogP contribution in [-0.2, 0) is 6.54 Å². The second-order valence-electron chi connectivity index (χ2n) is 4.56. The van der Waals surface area contributed by atoms with Gasteiger partial charge in [0.05, 0.1) is 11.7 Å². The number of hydrogen-bond acceptors (Lipinski definition) is 3. The summed E-state index contributed by atoms with van der Waals surface area (Å²) < 4.78 is 1.50. The summed E-state index contributed by atoms with van der Waals surface area (Å²) in [5.74, 6) is 0. The standard InChI is InChI=1S/C15H19N3O/c1-2-3-11-18-14(19)10-9-13(17-18)15(16)12-7-5-4-6-8-12/h4-10,15H,2-3,11,16H2,1H3. The Morgan fingerprint density at radius 1 is 1.21 bits per heavy atom. The van der Waals surface area contributed by atoms with E-state index in [0.717, 1.165) is 24.1 Å². The third-order valence-corrected chi connectivity index (χ3v) is 3.09. The Bertz CT molecular complexity index is 577. The third kappa shape index (κ3) is 3.29. The van der Waals surface area contributed by atoms with Gasteiger partial charge in [0.15, 0.2) is 0 Å². The Hall–Kier alpha value is -1.94. The Balaban J connectivity index is 2.28. The SMILES string of the molecule is CCCCn1nc(C(N)c2ccccc2)ccc1=O. The Morgan fingerprint density at radius 3 is 2.63 bits per heavy atom. The highest BCUT2D eigenvalue weighted by molar-refractivity contribution is 5.26. The highest BCUT2D eigenvalue weighted by atomic mass is 16.1. The Labute approximate surface area is 112 Å². The second kappa shape index (κ2) is 6.29. The Kier molecular flexibility index (Phi) is 4.47. The van der Waals surface area contributed by atoms with E-state index in [1.54, 1.807) is 12.1 Å². The van der Waals surface area contributed by atoms with E-state index in [9.17, 15) is 4.79 Å². The van der Waals surface area contributed by atoms with E-state index in [0.29, 0.717) is 6.54 Å². The first-order chi connectivity index (χ1) is 9.22. The van der Waals surface area contributed by atoms with Crippen LogP contribution in [0.2, 0.25) is 0 Å². The van der Waals surface area contributed by atoms with E-state index in [1.165, 1.54) is 4.68 Å². The molecular weight excluding hydrogens is 238 g/mol. The molecule has 100 valence electrons. The molecule has 0 bridgehead atoms. The van der Waals surface area contributed by atoms with Gasteiger partial charge in [-0.05, 0) is 18.1 Å². The molecule has 4 nitrogen and oxygen atoms in total. The van der Waals surface area contributed by atoms with Crippen LogP contribution in [0.25, 0.3) is 0 Å². The molecule has 0 amide bonds. The summed E-state index contributed by atoms with van der Waals surface area (Å²) in [4.78, 5) is 11.7. The molecule has 0 aliphatic rings. The zero-order valence-corrected chi connectivity index (χ0v) is 11.1. The minimum absolute atomic E-state index is 0.0718. The van der Waals surface area contributed by atoms with Crippen molar-refractivity contribution in [3.8, 4) is 0 Å². The van der Waals surface area contributed by atoms with Crippen LogP contribution in [0.5, 0.6) is 0 Å². The predicted octanol–water partition coefficient (Wildman–Crippen LogP) is 2.09. The number of aromatic nitrogens is 2. The van der Waals surface area contributed by atoms with E-state index in [-0.39, 0.29) is 11.6 Å². The Morgan fingerprint density at radius 2 is 1.95 bits per heavy atom. The fraction of sp³-hybridized carbons (Fsp3) is 0.333. The van der Waals surface area contributed by atoms with E-state index < -0.39 is 0 Å². The van der Waals surface area contributed by atoms with Crippen LogP contribution in [-0.4, -0.2) is 9.78 Å². The van der Waals surface area contributed by atoms with Crippen molar-refractivity contribution >= 4 is 0 Å². The molecule has 0 fully saturated rings. The minimum Gasteiger partial charge on any atom is -0.319 e. The summed E-state index contributed by atoms with van der Waals surface area (Å²) in [5, 5.41) is 4.37. The maximum absolute atomic E-state index is 11.7. The molecule has 0 saturated heterocycles. The van der Waals surface area contributed by atoms with Gasteiger partial charge in [0.2, 0.25) is 0 Å². The van der Waals surface area contributed by atoms with Gasteiger partial charge in [0, 0.05) is 12.6 Å². The lowest BCUT2D eigenvalue weighted by Crippen LogP contribution is -2.26. The van der Waals surface area contributed by atoms with Gasteiger partial charge in [-0.1, -0.05) is 43.7 Å². The number of unbranched alkanes of at least 4 members (excludes halogenated alkanes) is 1. The van der Waals surface area contributed by atoms with Gasteiger partial charge >= 0.3 is 0 Å². The molecule has 0 saturated carbocycles. The van der Waals surface area contributed by atoms with Crippen molar-refractivity contribution in [3.05, 3.63) is 64.1 Å². The first-order valence-corrected chi connectivity index (χ1v) is 6.61. The van der Waals surface area contributed by atoms with Gasteiger partial charge < -0.3 is 5.73 Å². The summed E-state index contributed by atoms with van der Waals surface area (Å²) in [7, 11) is 0. The highest BCUT2D eigenvalue weighted by Gasteiger charge is 2.11. The van der Waals surface area contributed by atoms with Crippen molar-refractivity contribution in [1.82, 2.24) is 9.78 Å². The molecule has 19 heavy (non-hydrogen) atoms. The third-order valence-electron chi connectivity index (χ3n) is 3.09. The van der Waals surface area contributed by atoms with Crippen molar-refractivity contribution in [2.24, 2.45) is 5.73 Å². The highest BCUT2D eigenvalue weighted by Crippen LogP contribution is 2.15. The normalized spacial score (nSPS) is 12.3. The quantitative estimate of drug-likeness (QED) is 0.892. The zero-order chi connectivity index (χ0) is 13.7. The zero-order valence-electron chi connectivity index (χ0n) is 11.1. The van der Waals surface area contributed by atoms with Crippen LogP contribution in [0.1, 0.15) is 37.1 Å². The number of nitrogens with two attached hydrogens (primary N) is 1. The molecule has 1 aromatic carbocycles. The van der Waals surface area contributed by atoms with Crippen molar-refractivity contribution < 1.29 is 0 Å². The van der Waals surface area contributed by atoms with Crippen LogP contribution in [0, 0.1) is 0 Å². The van der Waals surface area contributed by atoms with Gasteiger partial charge in [-0.25, -0.2) is 4.68 Å². The molecule has 2 rings (SSSR count). The maximum Gasteiger partial charge on any atom is 0.266 e. The van der Waals surface area contributed by atoms with Gasteiger partial charge in [-0.3, -0.25) is 4.79 Å². The molecule has 0 radical (unpaired) electrons. The molecule has 2 N–H and O–H groups in total. The summed E-state index contributed by atoms with van der Waals surface area (Å²) in [6, 6.07) is 12.7. The van der Waals surface area contributed by atoms with Gasteiger partial charge in [-0.2, -0.15) is 5.10 Å². The topological polar surface area (TPSA) is 60.9 Å². The first-order valence-electron chi connectivity index (χ1n) is 6.61. The molecule has 1 unspecified atom stereocenters. The largest absolute Gasteiger partial charge is 0.319 e. The fourth-order valence-corrected chi connectivity index (χ4v) is 1.93. The first kappa shape index (κ1) is 13.5. The van der Waals surface area contributed by atoms with Crippen molar-refractivity contribution in [3.63, 3.8) is 0 Å². The molecule has 1 heterocycles. The number of benzene rings is 1. The van der Waals surface area contributed by atoms with Gasteiger partial charge in [0.1, 0.15) is 0 Å². The summed E-state index contributed by atoms with van der Waals surface area (Å²) >= 11 is 0. The number of hydrogen-bond donors (Lipinski definition) is 1. The number of rotatable bonds is 5. The van der Waals surface area contributed by atoms with Gasteiger partial charge in [-0.15, -0.1) is 0 Å². The molecular formula is C15H19N3O. The molecule has 0 spiro atoms. The molecule has 0 aliphatic carbocycles. The molecule has 4 heteroatoms. The molecule has 2 aromatic rings. The average Bonchev–Trinajstić information content (AvgIpc) is 2.46. The van der Waals surface area contributed by atoms with Crippen LogP contribution < -0.4 is 11.3 Å². The van der Waals surface area contributed by atoms with Crippen LogP contribution in [0.3, 0.4) is 0 Å². The summed E-state index contributed by atoms with van der Waals surface area (Å²) in [6.45, 7) is 2.73. The van der Waals surface area contributed by atoms with Crippen LogP contribution in [0.4, 0.5) is 0 Å².